The number of carbonyl (C=O) groups excluding carboxylic acids is 1. The second kappa shape index (κ2) is 8.66. The van der Waals surface area contributed by atoms with Crippen molar-refractivity contribution in [1.29, 1.82) is 0 Å². The van der Waals surface area contributed by atoms with E-state index in [9.17, 15) is 18.0 Å². The average molecular weight is 403 g/mol. The summed E-state index contributed by atoms with van der Waals surface area (Å²) in [5.41, 5.74) is 0.114. The fourth-order valence-corrected chi connectivity index (χ4v) is 3.73. The minimum Gasteiger partial charge on any atom is -0.477 e. The average Bonchev–Trinajstić information content (AvgIpc) is 3.17. The molecule has 7 nitrogen and oxygen atoms in total. The molecule has 0 spiro atoms. The Kier molecular flexibility index (Phi) is 6.73. The molecule has 156 valence electrons. The van der Waals surface area contributed by atoms with Crippen molar-refractivity contribution >= 4 is 12.0 Å². The van der Waals surface area contributed by atoms with Crippen molar-refractivity contribution in [2.75, 3.05) is 33.8 Å². The number of urea groups is 1. The zero-order valence-electron chi connectivity index (χ0n) is 15.8. The van der Waals surface area contributed by atoms with Gasteiger partial charge in [0.05, 0.1) is 6.61 Å². The molecule has 1 aromatic heterocycles. The Balaban J connectivity index is 0.000000345. The molecule has 1 aliphatic carbocycles. The van der Waals surface area contributed by atoms with Crippen LogP contribution in [0.15, 0.2) is 24.4 Å². The van der Waals surface area contributed by atoms with E-state index in [1.807, 2.05) is 37.2 Å². The molecule has 1 aliphatic heterocycles. The number of hydrogen-bond donors (Lipinski definition) is 1. The Bertz CT molecular complexity index is 684. The molecule has 0 unspecified atom stereocenters. The predicted octanol–water partition coefficient (Wildman–Crippen LogP) is 2.88. The third-order valence-corrected chi connectivity index (χ3v) is 5.08. The first-order chi connectivity index (χ1) is 13.0. The second-order valence-electron chi connectivity index (χ2n) is 7.27. The first-order valence-corrected chi connectivity index (χ1v) is 8.85. The number of carboxylic acids is 1. The van der Waals surface area contributed by atoms with E-state index in [1.165, 1.54) is 12.8 Å². The van der Waals surface area contributed by atoms with Gasteiger partial charge in [0, 0.05) is 44.9 Å². The number of carboxylic acid groups (broad SMARTS) is 1. The van der Waals surface area contributed by atoms with Crippen LogP contribution in [0.2, 0.25) is 0 Å². The molecule has 3 rings (SSSR count). The molecule has 1 saturated heterocycles. The van der Waals surface area contributed by atoms with Crippen molar-refractivity contribution in [1.82, 2.24) is 14.8 Å². The fraction of sp³-hybridized carbons (Fsp3) is 0.611. The second-order valence-corrected chi connectivity index (χ2v) is 7.27. The van der Waals surface area contributed by atoms with Gasteiger partial charge in [0.2, 0.25) is 5.88 Å². The monoisotopic (exact) mass is 403 g/mol. The summed E-state index contributed by atoms with van der Waals surface area (Å²) in [6.45, 7) is 2.33. The Hall–Kier alpha value is -2.52. The lowest BCUT2D eigenvalue weighted by Crippen LogP contribution is -2.40. The number of pyridine rings is 1. The summed E-state index contributed by atoms with van der Waals surface area (Å²) in [6, 6.07) is 5.82. The van der Waals surface area contributed by atoms with Crippen molar-refractivity contribution in [3.05, 3.63) is 24.4 Å². The highest BCUT2D eigenvalue weighted by molar-refractivity contribution is 5.74. The highest BCUT2D eigenvalue weighted by atomic mass is 19.4. The maximum absolute atomic E-state index is 12.2. The lowest BCUT2D eigenvalue weighted by Gasteiger charge is -2.29. The molecule has 1 aromatic rings. The number of aromatic nitrogens is 1. The number of fused-ring (bicyclic) bond motifs is 1. The predicted molar refractivity (Wildman–Crippen MR) is 93.9 cm³/mol. The molecule has 2 heterocycles. The molecule has 2 amide bonds. The molecule has 0 aromatic carbocycles. The Labute approximate surface area is 161 Å². The van der Waals surface area contributed by atoms with Crippen LogP contribution in [0.1, 0.15) is 19.3 Å². The molecule has 2 atom stereocenters. The number of hydrogen-bond acceptors (Lipinski definition) is 4. The summed E-state index contributed by atoms with van der Waals surface area (Å²) < 4.78 is 37.7. The van der Waals surface area contributed by atoms with Crippen LogP contribution in [-0.4, -0.2) is 71.9 Å². The van der Waals surface area contributed by atoms with Crippen LogP contribution in [0, 0.1) is 11.3 Å². The number of nitrogens with zero attached hydrogens (tertiary/aromatic N) is 3. The quantitative estimate of drug-likeness (QED) is 0.839. The maximum Gasteiger partial charge on any atom is 0.490 e. The van der Waals surface area contributed by atoms with Gasteiger partial charge in [-0.05, 0) is 24.8 Å². The van der Waals surface area contributed by atoms with E-state index in [-0.39, 0.29) is 11.4 Å². The number of ether oxygens (including phenoxy) is 1. The van der Waals surface area contributed by atoms with E-state index >= 15 is 0 Å². The van der Waals surface area contributed by atoms with Gasteiger partial charge in [-0.3, -0.25) is 0 Å². The fourth-order valence-electron chi connectivity index (χ4n) is 3.73. The van der Waals surface area contributed by atoms with Crippen LogP contribution in [0.4, 0.5) is 18.0 Å². The summed E-state index contributed by atoms with van der Waals surface area (Å²) in [5, 5.41) is 7.12. The van der Waals surface area contributed by atoms with Crippen LogP contribution >= 0.6 is 0 Å². The van der Waals surface area contributed by atoms with Crippen LogP contribution < -0.4 is 4.74 Å². The number of alkyl halides is 3. The van der Waals surface area contributed by atoms with Gasteiger partial charge in [-0.25, -0.2) is 14.6 Å². The van der Waals surface area contributed by atoms with E-state index in [4.69, 9.17) is 14.6 Å². The van der Waals surface area contributed by atoms with E-state index in [1.54, 1.807) is 11.1 Å². The van der Waals surface area contributed by atoms with E-state index in [2.05, 4.69) is 4.98 Å². The largest absolute Gasteiger partial charge is 0.490 e. The summed E-state index contributed by atoms with van der Waals surface area (Å²) >= 11 is 0. The first kappa shape index (κ1) is 21.8. The Morgan fingerprint density at radius 1 is 1.39 bits per heavy atom. The number of likely N-dealkylation sites (tertiary alicyclic amines) is 1. The van der Waals surface area contributed by atoms with Gasteiger partial charge in [0.25, 0.3) is 0 Å². The standard InChI is InChI=1S/C16H23N3O2.C2HF3O2/c1-18(2)15(20)19-10-13-6-5-8-16(13,11-19)12-21-14-7-3-4-9-17-14;3-2(4,5)1(6)7/h3-4,7,9,13H,5-6,8,10-12H2,1-2H3;(H,6,7)/t13-,16+;/m1./s1. The number of amides is 2. The van der Waals surface area contributed by atoms with Crippen molar-refractivity contribution in [2.45, 2.75) is 25.4 Å². The van der Waals surface area contributed by atoms with Gasteiger partial charge in [-0.15, -0.1) is 0 Å². The minimum atomic E-state index is -5.08. The number of carbonyl (C=O) groups is 2. The minimum absolute atomic E-state index is 0.113. The third kappa shape index (κ3) is 5.26. The highest BCUT2D eigenvalue weighted by Gasteiger charge is 2.51. The summed E-state index contributed by atoms with van der Waals surface area (Å²) in [4.78, 5) is 28.9. The van der Waals surface area contributed by atoms with E-state index in [0.29, 0.717) is 18.4 Å². The van der Waals surface area contributed by atoms with Gasteiger partial charge in [-0.1, -0.05) is 12.5 Å². The van der Waals surface area contributed by atoms with Gasteiger partial charge in [0.1, 0.15) is 0 Å². The molecule has 2 fully saturated rings. The maximum atomic E-state index is 12.2. The smallest absolute Gasteiger partial charge is 0.477 e. The summed E-state index contributed by atoms with van der Waals surface area (Å²) in [7, 11) is 3.63. The summed E-state index contributed by atoms with van der Waals surface area (Å²) in [6.07, 6.45) is 0.236. The number of aliphatic carboxylic acids is 1. The van der Waals surface area contributed by atoms with Crippen molar-refractivity contribution in [3.63, 3.8) is 0 Å². The Morgan fingerprint density at radius 2 is 2.07 bits per heavy atom. The lowest BCUT2D eigenvalue weighted by molar-refractivity contribution is -0.192. The van der Waals surface area contributed by atoms with Crippen LogP contribution in [0.3, 0.4) is 0 Å². The Morgan fingerprint density at radius 3 is 2.61 bits per heavy atom. The van der Waals surface area contributed by atoms with Gasteiger partial charge >= 0.3 is 18.2 Å². The van der Waals surface area contributed by atoms with Gasteiger partial charge in [-0.2, -0.15) is 13.2 Å². The van der Waals surface area contributed by atoms with Gasteiger partial charge in [0.15, 0.2) is 0 Å². The SMILES string of the molecule is CN(C)C(=O)N1C[C@H]2CCC[C@@]2(COc2ccccn2)C1.O=C(O)C(F)(F)F. The molecule has 1 N–H and O–H groups in total. The molecule has 0 radical (unpaired) electrons. The van der Waals surface area contributed by atoms with Crippen LogP contribution in [0.25, 0.3) is 0 Å². The normalized spacial score (nSPS) is 23.5. The molecule has 2 aliphatic rings. The molecule has 10 heteroatoms. The molecular weight excluding hydrogens is 379 g/mol. The topological polar surface area (TPSA) is 83.0 Å². The lowest BCUT2D eigenvalue weighted by atomic mass is 9.82. The molecule has 1 saturated carbocycles. The molecule has 0 bridgehead atoms. The van der Waals surface area contributed by atoms with E-state index in [0.717, 1.165) is 19.5 Å². The van der Waals surface area contributed by atoms with Gasteiger partial charge < -0.3 is 19.6 Å². The van der Waals surface area contributed by atoms with Crippen molar-refractivity contribution in [2.24, 2.45) is 11.3 Å². The van der Waals surface area contributed by atoms with Crippen LogP contribution in [-0.2, 0) is 4.79 Å². The summed E-state index contributed by atoms with van der Waals surface area (Å²) in [5.74, 6) is -1.52. The van der Waals surface area contributed by atoms with Crippen molar-refractivity contribution in [3.8, 4) is 5.88 Å². The zero-order valence-corrected chi connectivity index (χ0v) is 15.8. The van der Waals surface area contributed by atoms with Crippen molar-refractivity contribution < 1.29 is 32.6 Å². The number of halogens is 3. The molecule has 28 heavy (non-hydrogen) atoms. The van der Waals surface area contributed by atoms with Crippen LogP contribution in [0.5, 0.6) is 5.88 Å². The zero-order chi connectivity index (χ0) is 20.9. The third-order valence-electron chi connectivity index (χ3n) is 5.08. The molecular formula is C18H24F3N3O4. The first-order valence-electron chi connectivity index (χ1n) is 8.85. The van der Waals surface area contributed by atoms with E-state index < -0.39 is 12.1 Å². The number of rotatable bonds is 3. The highest BCUT2D eigenvalue weighted by Crippen LogP contribution is 2.49.